The van der Waals surface area contributed by atoms with Gasteiger partial charge in [0.1, 0.15) is 0 Å². The van der Waals surface area contributed by atoms with Gasteiger partial charge in [-0.1, -0.05) is 43.1 Å². The molecule has 21 heavy (non-hydrogen) atoms. The largest absolute Gasteiger partial charge is 0.338 e. The second-order valence-corrected chi connectivity index (χ2v) is 6.67. The van der Waals surface area contributed by atoms with Crippen molar-refractivity contribution in [1.82, 2.24) is 30.3 Å². The highest BCUT2D eigenvalue weighted by Gasteiger charge is 2.23. The van der Waals surface area contributed by atoms with Gasteiger partial charge in [-0.05, 0) is 30.2 Å². The zero-order valence-electron chi connectivity index (χ0n) is 12.4. The van der Waals surface area contributed by atoms with E-state index in [1.54, 1.807) is 11.8 Å². The summed E-state index contributed by atoms with van der Waals surface area (Å²) in [4.78, 5) is 4.37. The van der Waals surface area contributed by atoms with Gasteiger partial charge in [-0.25, -0.2) is 4.68 Å². The Morgan fingerprint density at radius 2 is 2.14 bits per heavy atom. The highest BCUT2D eigenvalue weighted by molar-refractivity contribution is 7.99. The number of thioether (sulfide) groups is 1. The first-order valence-electron chi connectivity index (χ1n) is 7.55. The van der Waals surface area contributed by atoms with Crippen molar-refractivity contribution in [3.05, 3.63) is 11.7 Å². The van der Waals surface area contributed by atoms with E-state index in [-0.39, 0.29) is 5.25 Å². The molecule has 1 aliphatic rings. The number of hydrogen-bond donors (Lipinski definition) is 0. The first kappa shape index (κ1) is 14.5. The smallest absolute Gasteiger partial charge is 0.239 e. The van der Waals surface area contributed by atoms with Gasteiger partial charge in [-0.3, -0.25) is 0 Å². The van der Waals surface area contributed by atoms with Gasteiger partial charge >= 0.3 is 0 Å². The van der Waals surface area contributed by atoms with Crippen LogP contribution in [-0.4, -0.2) is 30.3 Å². The zero-order valence-corrected chi connectivity index (χ0v) is 13.2. The maximum absolute atomic E-state index is 5.29. The summed E-state index contributed by atoms with van der Waals surface area (Å²) in [5.41, 5.74) is 0. The van der Waals surface area contributed by atoms with Gasteiger partial charge in [0.05, 0.1) is 11.3 Å². The van der Waals surface area contributed by atoms with E-state index in [0.717, 1.165) is 30.2 Å². The molecule has 2 aromatic rings. The van der Waals surface area contributed by atoms with Crippen LogP contribution in [0.25, 0.3) is 0 Å². The molecular formula is C13H20N6OS. The van der Waals surface area contributed by atoms with Gasteiger partial charge in [0.15, 0.2) is 5.82 Å². The van der Waals surface area contributed by atoms with Gasteiger partial charge in [0.2, 0.25) is 11.0 Å². The van der Waals surface area contributed by atoms with Crippen molar-refractivity contribution >= 4 is 11.8 Å². The minimum atomic E-state index is 0.0474. The minimum Gasteiger partial charge on any atom is -0.338 e. The Balaban J connectivity index is 1.71. The highest BCUT2D eigenvalue weighted by Crippen LogP contribution is 2.36. The number of aromatic nitrogens is 6. The summed E-state index contributed by atoms with van der Waals surface area (Å²) in [5.74, 6) is 1.37. The fourth-order valence-corrected chi connectivity index (χ4v) is 3.49. The van der Waals surface area contributed by atoms with Crippen LogP contribution in [0.4, 0.5) is 0 Å². The molecule has 1 atom stereocenters. The summed E-state index contributed by atoms with van der Waals surface area (Å²) in [6.07, 6.45) is 6.93. The Bertz CT molecular complexity index is 577. The average Bonchev–Trinajstić information content (AvgIpc) is 3.17. The fraction of sp³-hybridized carbons (Fsp3) is 0.769. The van der Waals surface area contributed by atoms with Crippen LogP contribution in [0.1, 0.15) is 69.0 Å². The van der Waals surface area contributed by atoms with Gasteiger partial charge in [0.25, 0.3) is 0 Å². The molecule has 2 heterocycles. The van der Waals surface area contributed by atoms with Crippen molar-refractivity contribution in [3.8, 4) is 0 Å². The summed E-state index contributed by atoms with van der Waals surface area (Å²) in [7, 11) is 0. The van der Waals surface area contributed by atoms with E-state index < -0.39 is 0 Å². The Kier molecular flexibility index (Phi) is 4.52. The predicted molar refractivity (Wildman–Crippen MR) is 77.9 cm³/mol. The molecule has 1 unspecified atom stereocenters. The third-order valence-corrected chi connectivity index (χ3v) is 4.85. The highest BCUT2D eigenvalue weighted by atomic mass is 32.2. The summed E-state index contributed by atoms with van der Waals surface area (Å²) >= 11 is 1.58. The molecule has 7 nitrogen and oxygen atoms in total. The first-order chi connectivity index (χ1) is 10.3. The summed E-state index contributed by atoms with van der Waals surface area (Å²) in [6, 6.07) is 0.428. The van der Waals surface area contributed by atoms with Crippen LogP contribution in [0, 0.1) is 0 Å². The molecule has 0 radical (unpaired) electrons. The molecule has 114 valence electrons. The van der Waals surface area contributed by atoms with Gasteiger partial charge in [0, 0.05) is 6.42 Å². The lowest BCUT2D eigenvalue weighted by molar-refractivity contribution is 0.307. The van der Waals surface area contributed by atoms with E-state index in [4.69, 9.17) is 4.52 Å². The molecule has 0 amide bonds. The first-order valence-corrected chi connectivity index (χ1v) is 8.43. The second-order valence-electron chi connectivity index (χ2n) is 5.36. The van der Waals surface area contributed by atoms with Crippen LogP contribution in [-0.2, 0) is 6.42 Å². The zero-order chi connectivity index (χ0) is 14.7. The molecule has 0 N–H and O–H groups in total. The molecule has 0 saturated heterocycles. The molecule has 1 saturated carbocycles. The quantitative estimate of drug-likeness (QED) is 0.785. The fourth-order valence-electron chi connectivity index (χ4n) is 2.60. The van der Waals surface area contributed by atoms with Crippen LogP contribution in [0.3, 0.4) is 0 Å². The Morgan fingerprint density at radius 1 is 1.33 bits per heavy atom. The van der Waals surface area contributed by atoms with Gasteiger partial charge < -0.3 is 4.52 Å². The summed E-state index contributed by atoms with van der Waals surface area (Å²) in [6.45, 7) is 4.05. The summed E-state index contributed by atoms with van der Waals surface area (Å²) < 4.78 is 7.26. The molecule has 1 aliphatic carbocycles. The van der Waals surface area contributed by atoms with Crippen LogP contribution >= 0.6 is 11.8 Å². The topological polar surface area (TPSA) is 82.5 Å². The van der Waals surface area contributed by atoms with Gasteiger partial charge in [-0.15, -0.1) is 5.10 Å². The molecule has 0 spiro atoms. The molecule has 3 rings (SSSR count). The maximum Gasteiger partial charge on any atom is 0.239 e. The standard InChI is InChI=1S/C13H20N6OS/c1-3-11-14-12(20-16-11)9(2)21-13-15-17-18-19(13)10-7-5-4-6-8-10/h9-10H,3-8H2,1-2H3. The normalized spacial score (nSPS) is 18.0. The Hall–Kier alpha value is -1.44. The average molecular weight is 308 g/mol. The lowest BCUT2D eigenvalue weighted by Crippen LogP contribution is -2.15. The molecule has 0 bridgehead atoms. The van der Waals surface area contributed by atoms with Crippen molar-refractivity contribution < 1.29 is 4.52 Å². The van der Waals surface area contributed by atoms with Crippen molar-refractivity contribution in [1.29, 1.82) is 0 Å². The predicted octanol–water partition coefficient (Wildman–Crippen LogP) is 2.98. The number of hydrogen-bond acceptors (Lipinski definition) is 7. The van der Waals surface area contributed by atoms with Crippen molar-refractivity contribution in [2.45, 2.75) is 68.8 Å². The van der Waals surface area contributed by atoms with Crippen molar-refractivity contribution in [2.75, 3.05) is 0 Å². The van der Waals surface area contributed by atoms with E-state index in [0.29, 0.717) is 11.9 Å². The van der Waals surface area contributed by atoms with E-state index in [1.807, 2.05) is 18.5 Å². The Labute approximate surface area is 127 Å². The van der Waals surface area contributed by atoms with E-state index in [2.05, 4.69) is 25.7 Å². The van der Waals surface area contributed by atoms with E-state index in [1.165, 1.54) is 19.3 Å². The van der Waals surface area contributed by atoms with E-state index >= 15 is 0 Å². The van der Waals surface area contributed by atoms with Crippen molar-refractivity contribution in [3.63, 3.8) is 0 Å². The molecular weight excluding hydrogens is 288 g/mol. The number of nitrogens with zero attached hydrogens (tertiary/aromatic N) is 6. The summed E-state index contributed by atoms with van der Waals surface area (Å²) in [5, 5.41) is 17.0. The molecule has 0 aliphatic heterocycles. The number of aryl methyl sites for hydroxylation is 1. The van der Waals surface area contributed by atoms with Crippen LogP contribution in [0.2, 0.25) is 0 Å². The maximum atomic E-state index is 5.29. The minimum absolute atomic E-state index is 0.0474. The Morgan fingerprint density at radius 3 is 2.86 bits per heavy atom. The van der Waals surface area contributed by atoms with E-state index in [9.17, 15) is 0 Å². The van der Waals surface area contributed by atoms with Gasteiger partial charge in [-0.2, -0.15) is 4.98 Å². The van der Waals surface area contributed by atoms with Crippen LogP contribution < -0.4 is 0 Å². The lowest BCUT2D eigenvalue weighted by Gasteiger charge is -2.22. The lowest BCUT2D eigenvalue weighted by atomic mass is 9.96. The second kappa shape index (κ2) is 6.55. The number of rotatable bonds is 5. The van der Waals surface area contributed by atoms with Crippen LogP contribution in [0.5, 0.6) is 0 Å². The third kappa shape index (κ3) is 3.25. The SMILES string of the molecule is CCc1noc(C(C)Sc2nnnn2C2CCCCC2)n1. The molecule has 1 fully saturated rings. The third-order valence-electron chi connectivity index (χ3n) is 3.81. The van der Waals surface area contributed by atoms with Crippen LogP contribution in [0.15, 0.2) is 9.68 Å². The monoisotopic (exact) mass is 308 g/mol. The molecule has 2 aromatic heterocycles. The molecule has 0 aromatic carbocycles. The number of tetrazole rings is 1. The van der Waals surface area contributed by atoms with Crippen molar-refractivity contribution in [2.24, 2.45) is 0 Å². The molecule has 8 heteroatoms.